The van der Waals surface area contributed by atoms with Gasteiger partial charge in [0.2, 0.25) is 0 Å². The molecule has 0 radical (unpaired) electrons. The Bertz CT molecular complexity index is 531. The van der Waals surface area contributed by atoms with Crippen LogP contribution < -0.4 is 15.2 Å². The Morgan fingerprint density at radius 1 is 0.895 bits per heavy atom. The van der Waals surface area contributed by atoms with Gasteiger partial charge >= 0.3 is 0 Å². The van der Waals surface area contributed by atoms with E-state index in [9.17, 15) is 0 Å². The summed E-state index contributed by atoms with van der Waals surface area (Å²) in [6.45, 7) is 1.52. The molecule has 4 heteroatoms. The monoisotopic (exact) mass is 321 g/mol. The quantitative estimate of drug-likeness (QED) is 0.830. The molecule has 0 aromatic heterocycles. The van der Waals surface area contributed by atoms with E-state index < -0.39 is 0 Å². The molecular formula is C15H16BrNO2. The zero-order chi connectivity index (χ0) is 13.5. The second-order valence-electron chi connectivity index (χ2n) is 4.01. The van der Waals surface area contributed by atoms with Crippen molar-refractivity contribution in [2.75, 3.05) is 13.2 Å². The van der Waals surface area contributed by atoms with Crippen LogP contribution in [0.4, 0.5) is 0 Å². The molecule has 0 heterocycles. The maximum absolute atomic E-state index is 5.61. The van der Waals surface area contributed by atoms with Crippen molar-refractivity contribution in [3.05, 3.63) is 58.6 Å². The fourth-order valence-corrected chi connectivity index (χ4v) is 2.02. The first-order chi connectivity index (χ1) is 9.28. The van der Waals surface area contributed by atoms with Crippen LogP contribution in [0.2, 0.25) is 0 Å². The van der Waals surface area contributed by atoms with Gasteiger partial charge in [0.15, 0.2) is 0 Å². The highest BCUT2D eigenvalue weighted by atomic mass is 79.9. The van der Waals surface area contributed by atoms with Crippen LogP contribution in [0.1, 0.15) is 5.56 Å². The normalized spacial score (nSPS) is 10.2. The van der Waals surface area contributed by atoms with Crippen LogP contribution in [-0.2, 0) is 6.54 Å². The van der Waals surface area contributed by atoms with E-state index in [0.29, 0.717) is 19.8 Å². The summed E-state index contributed by atoms with van der Waals surface area (Å²) in [4.78, 5) is 0. The van der Waals surface area contributed by atoms with Gasteiger partial charge in [-0.3, -0.25) is 0 Å². The zero-order valence-corrected chi connectivity index (χ0v) is 12.1. The average Bonchev–Trinajstić information content (AvgIpc) is 2.44. The van der Waals surface area contributed by atoms with E-state index in [1.165, 1.54) is 0 Å². The fourth-order valence-electron chi connectivity index (χ4n) is 1.64. The predicted molar refractivity (Wildman–Crippen MR) is 79.5 cm³/mol. The van der Waals surface area contributed by atoms with E-state index in [-0.39, 0.29) is 0 Å². The highest BCUT2D eigenvalue weighted by Gasteiger charge is 1.97. The molecule has 2 aromatic rings. The molecule has 0 saturated carbocycles. The van der Waals surface area contributed by atoms with Crippen LogP contribution in [0.5, 0.6) is 11.5 Å². The SMILES string of the molecule is NCc1cccc(OCCOc2cccc(Br)c2)c1. The first-order valence-corrected chi connectivity index (χ1v) is 6.87. The van der Waals surface area contributed by atoms with E-state index >= 15 is 0 Å². The van der Waals surface area contributed by atoms with Gasteiger partial charge in [-0.15, -0.1) is 0 Å². The van der Waals surface area contributed by atoms with Crippen molar-refractivity contribution in [1.82, 2.24) is 0 Å². The molecule has 0 aliphatic carbocycles. The van der Waals surface area contributed by atoms with Gasteiger partial charge in [-0.25, -0.2) is 0 Å². The molecule has 2 rings (SSSR count). The molecule has 0 fully saturated rings. The van der Waals surface area contributed by atoms with E-state index in [2.05, 4.69) is 15.9 Å². The molecule has 0 amide bonds. The lowest BCUT2D eigenvalue weighted by atomic mass is 10.2. The van der Waals surface area contributed by atoms with Gasteiger partial charge in [-0.1, -0.05) is 34.1 Å². The minimum absolute atomic E-state index is 0.501. The van der Waals surface area contributed by atoms with Crippen molar-refractivity contribution in [3.8, 4) is 11.5 Å². The summed E-state index contributed by atoms with van der Waals surface area (Å²) >= 11 is 3.40. The lowest BCUT2D eigenvalue weighted by molar-refractivity contribution is 0.217. The molecular weight excluding hydrogens is 306 g/mol. The molecule has 2 aromatic carbocycles. The smallest absolute Gasteiger partial charge is 0.122 e. The minimum atomic E-state index is 0.501. The second kappa shape index (κ2) is 7.16. The molecule has 100 valence electrons. The van der Waals surface area contributed by atoms with Crippen molar-refractivity contribution in [3.63, 3.8) is 0 Å². The number of halogens is 1. The van der Waals surface area contributed by atoms with E-state index in [1.54, 1.807) is 0 Å². The third kappa shape index (κ3) is 4.58. The second-order valence-corrected chi connectivity index (χ2v) is 4.92. The molecule has 2 N–H and O–H groups in total. The highest BCUT2D eigenvalue weighted by molar-refractivity contribution is 9.10. The van der Waals surface area contributed by atoms with Gasteiger partial charge < -0.3 is 15.2 Å². The van der Waals surface area contributed by atoms with Crippen molar-refractivity contribution < 1.29 is 9.47 Å². The Hall–Kier alpha value is -1.52. The number of hydrogen-bond donors (Lipinski definition) is 1. The topological polar surface area (TPSA) is 44.5 Å². The fraction of sp³-hybridized carbons (Fsp3) is 0.200. The third-order valence-electron chi connectivity index (χ3n) is 2.55. The summed E-state index contributed by atoms with van der Waals surface area (Å²) in [6, 6.07) is 15.5. The first kappa shape index (κ1) is 13.9. The minimum Gasteiger partial charge on any atom is -0.490 e. The van der Waals surface area contributed by atoms with Crippen molar-refractivity contribution in [2.45, 2.75) is 6.54 Å². The van der Waals surface area contributed by atoms with Crippen LogP contribution in [0.15, 0.2) is 53.0 Å². The van der Waals surface area contributed by atoms with Crippen LogP contribution in [0, 0.1) is 0 Å². The number of rotatable bonds is 6. The molecule has 0 aliphatic heterocycles. The molecule has 0 unspecified atom stereocenters. The zero-order valence-electron chi connectivity index (χ0n) is 10.5. The molecule has 0 atom stereocenters. The lowest BCUT2D eigenvalue weighted by Gasteiger charge is -2.09. The van der Waals surface area contributed by atoms with Crippen molar-refractivity contribution >= 4 is 15.9 Å². The molecule has 0 saturated heterocycles. The molecule has 0 bridgehead atoms. The summed E-state index contributed by atoms with van der Waals surface area (Å²) in [5.41, 5.74) is 6.64. The van der Waals surface area contributed by atoms with Gasteiger partial charge in [-0.2, -0.15) is 0 Å². The lowest BCUT2D eigenvalue weighted by Crippen LogP contribution is -2.09. The summed E-state index contributed by atoms with van der Waals surface area (Å²) in [6.07, 6.45) is 0. The Labute approximate surface area is 121 Å². The van der Waals surface area contributed by atoms with Gasteiger partial charge in [0.1, 0.15) is 24.7 Å². The number of nitrogens with two attached hydrogens (primary N) is 1. The largest absolute Gasteiger partial charge is 0.490 e. The molecule has 19 heavy (non-hydrogen) atoms. The van der Waals surface area contributed by atoms with Gasteiger partial charge in [0.05, 0.1) is 0 Å². The maximum Gasteiger partial charge on any atom is 0.122 e. The Balaban J connectivity index is 1.77. The standard InChI is InChI=1S/C15H16BrNO2/c16-13-4-2-6-15(10-13)19-8-7-18-14-5-1-3-12(9-14)11-17/h1-6,9-10H,7-8,11,17H2. The van der Waals surface area contributed by atoms with Crippen LogP contribution >= 0.6 is 15.9 Å². The van der Waals surface area contributed by atoms with Gasteiger partial charge in [0.25, 0.3) is 0 Å². The molecule has 0 spiro atoms. The third-order valence-corrected chi connectivity index (χ3v) is 3.04. The van der Waals surface area contributed by atoms with Crippen LogP contribution in [-0.4, -0.2) is 13.2 Å². The average molecular weight is 322 g/mol. The van der Waals surface area contributed by atoms with E-state index in [0.717, 1.165) is 21.5 Å². The van der Waals surface area contributed by atoms with Gasteiger partial charge in [0, 0.05) is 11.0 Å². The number of benzene rings is 2. The summed E-state index contributed by atoms with van der Waals surface area (Å²) in [5.74, 6) is 1.65. The Kier molecular flexibility index (Phi) is 5.24. The van der Waals surface area contributed by atoms with E-state index in [4.69, 9.17) is 15.2 Å². The highest BCUT2D eigenvalue weighted by Crippen LogP contribution is 2.18. The maximum atomic E-state index is 5.61. The predicted octanol–water partition coefficient (Wildman–Crippen LogP) is 3.37. The van der Waals surface area contributed by atoms with Gasteiger partial charge in [-0.05, 0) is 35.9 Å². The first-order valence-electron chi connectivity index (χ1n) is 6.08. The van der Waals surface area contributed by atoms with Crippen molar-refractivity contribution in [2.24, 2.45) is 5.73 Å². The Morgan fingerprint density at radius 3 is 2.16 bits per heavy atom. The Morgan fingerprint density at radius 2 is 1.53 bits per heavy atom. The van der Waals surface area contributed by atoms with Crippen LogP contribution in [0.25, 0.3) is 0 Å². The van der Waals surface area contributed by atoms with Crippen LogP contribution in [0.3, 0.4) is 0 Å². The van der Waals surface area contributed by atoms with E-state index in [1.807, 2.05) is 48.5 Å². The molecule has 3 nitrogen and oxygen atoms in total. The summed E-state index contributed by atoms with van der Waals surface area (Å²) < 4.78 is 12.2. The number of ether oxygens (including phenoxy) is 2. The molecule has 0 aliphatic rings. The summed E-state index contributed by atoms with van der Waals surface area (Å²) in [7, 11) is 0. The summed E-state index contributed by atoms with van der Waals surface area (Å²) in [5, 5.41) is 0. The number of hydrogen-bond acceptors (Lipinski definition) is 3. The van der Waals surface area contributed by atoms with Crippen molar-refractivity contribution in [1.29, 1.82) is 0 Å².